The fourth-order valence-electron chi connectivity index (χ4n) is 2.10. The zero-order chi connectivity index (χ0) is 15.1. The molecule has 0 aliphatic carbocycles. The van der Waals surface area contributed by atoms with Gasteiger partial charge in [-0.2, -0.15) is 0 Å². The first-order valence-electron chi connectivity index (χ1n) is 7.26. The Balaban J connectivity index is 2.05. The Labute approximate surface area is 125 Å². The lowest BCUT2D eigenvalue weighted by molar-refractivity contribution is -0.896. The molecule has 0 unspecified atom stereocenters. The standard InChI is InChI=1S/C16H22N3O2/c1-3-18(4-2)11-12-21-14-8-10-19(20)16(13-14)15-7-5-6-9-17-15/h5-10,13,20H,3-4,11-12H2,1-2H3/q+1. The maximum Gasteiger partial charge on any atom is 0.286 e. The molecule has 2 heterocycles. The third kappa shape index (κ3) is 4.16. The first kappa shape index (κ1) is 15.3. The number of ether oxygens (including phenoxy) is 1. The van der Waals surface area contributed by atoms with Crippen molar-refractivity contribution in [3.05, 3.63) is 42.7 Å². The topological polar surface area (TPSA) is 49.5 Å². The summed E-state index contributed by atoms with van der Waals surface area (Å²) in [6.07, 6.45) is 3.26. The third-order valence-corrected chi connectivity index (χ3v) is 3.40. The van der Waals surface area contributed by atoms with Gasteiger partial charge in [-0.3, -0.25) is 5.21 Å². The first-order valence-corrected chi connectivity index (χ1v) is 7.26. The molecular weight excluding hydrogens is 266 g/mol. The summed E-state index contributed by atoms with van der Waals surface area (Å²) in [4.78, 5) is 6.54. The second-order valence-corrected chi connectivity index (χ2v) is 4.68. The Kier molecular flexibility index (Phi) is 5.51. The minimum atomic E-state index is 0.607. The van der Waals surface area contributed by atoms with Crippen LogP contribution in [0.4, 0.5) is 0 Å². The van der Waals surface area contributed by atoms with E-state index in [4.69, 9.17) is 4.74 Å². The largest absolute Gasteiger partial charge is 0.492 e. The molecule has 0 fully saturated rings. The number of hydrogen-bond acceptors (Lipinski definition) is 4. The Hall–Kier alpha value is -2.14. The van der Waals surface area contributed by atoms with Crippen LogP contribution in [0.25, 0.3) is 11.4 Å². The van der Waals surface area contributed by atoms with Crippen LogP contribution in [-0.2, 0) is 0 Å². The van der Waals surface area contributed by atoms with E-state index in [2.05, 4.69) is 23.7 Å². The van der Waals surface area contributed by atoms with E-state index in [0.29, 0.717) is 18.0 Å². The minimum Gasteiger partial charge on any atom is -0.492 e. The van der Waals surface area contributed by atoms with Crippen molar-refractivity contribution in [2.45, 2.75) is 13.8 Å². The van der Waals surface area contributed by atoms with Gasteiger partial charge in [-0.05, 0) is 25.2 Å². The monoisotopic (exact) mass is 288 g/mol. The van der Waals surface area contributed by atoms with Crippen LogP contribution in [-0.4, -0.2) is 41.3 Å². The molecule has 1 N–H and O–H groups in total. The molecule has 2 rings (SSSR count). The predicted molar refractivity (Wildman–Crippen MR) is 80.3 cm³/mol. The van der Waals surface area contributed by atoms with Gasteiger partial charge in [0.05, 0.1) is 6.07 Å². The van der Waals surface area contributed by atoms with Crippen molar-refractivity contribution >= 4 is 0 Å². The van der Waals surface area contributed by atoms with Crippen LogP contribution in [0.5, 0.6) is 5.75 Å². The molecule has 2 aromatic rings. The number of aromatic nitrogens is 2. The van der Waals surface area contributed by atoms with Crippen molar-refractivity contribution in [2.24, 2.45) is 0 Å². The molecule has 0 radical (unpaired) electrons. The summed E-state index contributed by atoms with van der Waals surface area (Å²) in [6, 6.07) is 9.12. The van der Waals surface area contributed by atoms with Crippen LogP contribution >= 0.6 is 0 Å². The highest BCUT2D eigenvalue weighted by atomic mass is 16.5. The maximum atomic E-state index is 9.89. The fraction of sp³-hybridized carbons (Fsp3) is 0.375. The van der Waals surface area contributed by atoms with Crippen LogP contribution < -0.4 is 9.47 Å². The van der Waals surface area contributed by atoms with Crippen LogP contribution in [0.2, 0.25) is 0 Å². The van der Waals surface area contributed by atoms with E-state index in [9.17, 15) is 5.21 Å². The summed E-state index contributed by atoms with van der Waals surface area (Å²) in [7, 11) is 0. The molecule has 0 aliphatic rings. The molecule has 0 aromatic carbocycles. The van der Waals surface area contributed by atoms with Crippen LogP contribution in [0.15, 0.2) is 42.7 Å². The van der Waals surface area contributed by atoms with Crippen LogP contribution in [0.1, 0.15) is 13.8 Å². The van der Waals surface area contributed by atoms with E-state index < -0.39 is 0 Å². The molecule has 2 aromatic heterocycles. The van der Waals surface area contributed by atoms with Gasteiger partial charge >= 0.3 is 0 Å². The third-order valence-electron chi connectivity index (χ3n) is 3.40. The molecule has 0 spiro atoms. The van der Waals surface area contributed by atoms with Gasteiger partial charge in [-0.1, -0.05) is 19.9 Å². The van der Waals surface area contributed by atoms with E-state index in [1.54, 1.807) is 24.5 Å². The number of likely N-dealkylation sites (N-methyl/N-ethyl adjacent to an activating group) is 1. The minimum absolute atomic E-state index is 0.607. The number of nitrogens with zero attached hydrogens (tertiary/aromatic N) is 3. The van der Waals surface area contributed by atoms with Crippen molar-refractivity contribution in [2.75, 3.05) is 26.2 Å². The van der Waals surface area contributed by atoms with Gasteiger partial charge in [0.2, 0.25) is 6.20 Å². The molecule has 21 heavy (non-hydrogen) atoms. The van der Waals surface area contributed by atoms with Gasteiger partial charge in [-0.15, -0.1) is 0 Å². The average molecular weight is 288 g/mol. The molecule has 0 amide bonds. The molecular formula is C16H22N3O2+. The molecule has 0 bridgehead atoms. The zero-order valence-corrected chi connectivity index (χ0v) is 12.6. The van der Waals surface area contributed by atoms with Crippen molar-refractivity contribution < 1.29 is 14.7 Å². The van der Waals surface area contributed by atoms with E-state index in [1.165, 1.54) is 0 Å². The Morgan fingerprint density at radius 1 is 1.24 bits per heavy atom. The van der Waals surface area contributed by atoms with E-state index >= 15 is 0 Å². The smallest absolute Gasteiger partial charge is 0.286 e. The maximum absolute atomic E-state index is 9.89. The summed E-state index contributed by atoms with van der Waals surface area (Å²) in [5, 5.41) is 9.89. The van der Waals surface area contributed by atoms with Crippen molar-refractivity contribution in [1.82, 2.24) is 9.88 Å². The van der Waals surface area contributed by atoms with Gasteiger partial charge in [-0.25, -0.2) is 4.98 Å². The van der Waals surface area contributed by atoms with Crippen molar-refractivity contribution in [3.8, 4) is 17.1 Å². The van der Waals surface area contributed by atoms with Crippen molar-refractivity contribution in [3.63, 3.8) is 0 Å². The summed E-state index contributed by atoms with van der Waals surface area (Å²) < 4.78 is 6.82. The quantitative estimate of drug-likeness (QED) is 0.625. The molecule has 5 nitrogen and oxygen atoms in total. The van der Waals surface area contributed by atoms with Gasteiger partial charge < -0.3 is 9.64 Å². The summed E-state index contributed by atoms with van der Waals surface area (Å²) in [5.41, 5.74) is 1.31. The lowest BCUT2D eigenvalue weighted by atomic mass is 10.2. The number of rotatable bonds is 7. The Bertz CT molecular complexity index is 557. The van der Waals surface area contributed by atoms with Gasteiger partial charge in [0.15, 0.2) is 0 Å². The SMILES string of the molecule is CCN(CC)CCOc1cc[n+](O)c(-c2ccccn2)c1. The Morgan fingerprint density at radius 2 is 2.05 bits per heavy atom. The van der Waals surface area contributed by atoms with Crippen LogP contribution in [0.3, 0.4) is 0 Å². The molecule has 0 saturated heterocycles. The second kappa shape index (κ2) is 7.59. The second-order valence-electron chi connectivity index (χ2n) is 4.68. The van der Waals surface area contributed by atoms with Crippen LogP contribution in [0, 0.1) is 0 Å². The lowest BCUT2D eigenvalue weighted by Crippen LogP contribution is -2.32. The predicted octanol–water partition coefficient (Wildman–Crippen LogP) is 1.99. The fourth-order valence-corrected chi connectivity index (χ4v) is 2.10. The molecule has 0 aliphatic heterocycles. The number of pyridine rings is 2. The van der Waals surface area contributed by atoms with E-state index in [1.807, 2.05) is 18.2 Å². The first-order chi connectivity index (χ1) is 10.2. The summed E-state index contributed by atoms with van der Waals surface area (Å²) in [6.45, 7) is 7.83. The highest BCUT2D eigenvalue weighted by Crippen LogP contribution is 2.17. The lowest BCUT2D eigenvalue weighted by Gasteiger charge is -2.17. The summed E-state index contributed by atoms with van der Waals surface area (Å²) >= 11 is 0. The van der Waals surface area contributed by atoms with Gasteiger partial charge in [0, 0.05) is 23.5 Å². The number of hydrogen-bond donors (Lipinski definition) is 1. The van der Waals surface area contributed by atoms with Gasteiger partial charge in [0.25, 0.3) is 5.69 Å². The normalized spacial score (nSPS) is 10.8. The highest BCUT2D eigenvalue weighted by Gasteiger charge is 2.15. The zero-order valence-electron chi connectivity index (χ0n) is 12.6. The molecule has 112 valence electrons. The van der Waals surface area contributed by atoms with E-state index in [0.717, 1.165) is 30.1 Å². The Morgan fingerprint density at radius 3 is 2.71 bits per heavy atom. The molecule has 0 atom stereocenters. The van der Waals surface area contributed by atoms with E-state index in [-0.39, 0.29) is 0 Å². The molecule has 5 heteroatoms. The van der Waals surface area contributed by atoms with Gasteiger partial charge in [0.1, 0.15) is 18.1 Å². The summed E-state index contributed by atoms with van der Waals surface area (Å²) in [5.74, 6) is 0.730. The van der Waals surface area contributed by atoms with Crippen molar-refractivity contribution in [1.29, 1.82) is 0 Å². The highest BCUT2D eigenvalue weighted by molar-refractivity contribution is 5.51. The average Bonchev–Trinajstić information content (AvgIpc) is 2.54. The molecule has 0 saturated carbocycles.